The molecule has 2 aromatic carbocycles. The zero-order chi connectivity index (χ0) is 15.7. The molecule has 2 nitrogen and oxygen atoms in total. The molecule has 2 aromatic rings. The summed E-state index contributed by atoms with van der Waals surface area (Å²) in [6, 6.07) is 14.0. The number of anilines is 1. The lowest BCUT2D eigenvalue weighted by Gasteiger charge is -2.34. The van der Waals surface area contributed by atoms with Gasteiger partial charge in [-0.05, 0) is 48.7 Å². The van der Waals surface area contributed by atoms with E-state index in [1.54, 1.807) is 0 Å². The highest BCUT2D eigenvalue weighted by atomic mass is 15.2. The number of unbranched alkanes of at least 4 members (excludes halogenated alkanes) is 1. The highest BCUT2D eigenvalue weighted by molar-refractivity contribution is 5.93. The number of likely N-dealkylation sites (N-methyl/N-ethyl adjacent to an activating group) is 1. The molecule has 22 heavy (non-hydrogen) atoms. The standard InChI is InChI=1S/C20H28N2/c1-4-22-17-13-12-15-9-5-6-10-16(15)19(17)20(2,3)18(22)11-7-8-14-21/h5-6,9-10,12-13,18H,4,7-8,11,14,21H2,1-3H3. The van der Waals surface area contributed by atoms with E-state index in [1.807, 2.05) is 0 Å². The average molecular weight is 296 g/mol. The van der Waals surface area contributed by atoms with Gasteiger partial charge in [0.2, 0.25) is 0 Å². The second-order valence-electron chi connectivity index (χ2n) is 6.99. The SMILES string of the molecule is CCN1c2ccc3ccccc3c2C(C)(C)C1CCCCN. The van der Waals surface area contributed by atoms with Crippen molar-refractivity contribution in [3.8, 4) is 0 Å². The first-order valence-corrected chi connectivity index (χ1v) is 8.60. The van der Waals surface area contributed by atoms with Crippen LogP contribution in [0.1, 0.15) is 45.6 Å². The topological polar surface area (TPSA) is 29.3 Å². The molecule has 1 atom stereocenters. The third-order valence-electron chi connectivity index (χ3n) is 5.34. The smallest absolute Gasteiger partial charge is 0.0414 e. The fraction of sp³-hybridized carbons (Fsp3) is 0.500. The van der Waals surface area contributed by atoms with Crippen molar-refractivity contribution in [3.05, 3.63) is 42.0 Å². The lowest BCUT2D eigenvalue weighted by atomic mass is 9.76. The lowest BCUT2D eigenvalue weighted by Crippen LogP contribution is -2.41. The van der Waals surface area contributed by atoms with Crippen molar-refractivity contribution in [2.75, 3.05) is 18.0 Å². The Morgan fingerprint density at radius 2 is 1.86 bits per heavy atom. The third kappa shape index (κ3) is 2.30. The molecule has 0 amide bonds. The largest absolute Gasteiger partial charge is 0.368 e. The van der Waals surface area contributed by atoms with E-state index in [9.17, 15) is 0 Å². The number of nitrogens with zero attached hydrogens (tertiary/aromatic N) is 1. The Labute approximate surface area is 134 Å². The third-order valence-corrected chi connectivity index (χ3v) is 5.34. The Kier molecular flexibility index (Phi) is 4.14. The normalized spacial score (nSPS) is 19.6. The molecule has 2 heteroatoms. The molecule has 1 heterocycles. The van der Waals surface area contributed by atoms with Crippen molar-refractivity contribution in [2.24, 2.45) is 5.73 Å². The van der Waals surface area contributed by atoms with Crippen molar-refractivity contribution in [2.45, 2.75) is 51.5 Å². The van der Waals surface area contributed by atoms with Gasteiger partial charge in [0, 0.05) is 23.7 Å². The van der Waals surface area contributed by atoms with Gasteiger partial charge in [0.25, 0.3) is 0 Å². The number of rotatable bonds is 5. The zero-order valence-electron chi connectivity index (χ0n) is 14.1. The summed E-state index contributed by atoms with van der Waals surface area (Å²) in [5.74, 6) is 0. The quantitative estimate of drug-likeness (QED) is 0.826. The molecule has 0 aromatic heterocycles. The molecule has 0 spiro atoms. The summed E-state index contributed by atoms with van der Waals surface area (Å²) in [7, 11) is 0. The zero-order valence-corrected chi connectivity index (χ0v) is 14.1. The monoisotopic (exact) mass is 296 g/mol. The molecule has 0 fully saturated rings. The van der Waals surface area contributed by atoms with E-state index in [2.05, 4.69) is 62.1 Å². The molecular weight excluding hydrogens is 268 g/mol. The van der Waals surface area contributed by atoms with Crippen LogP contribution in [-0.4, -0.2) is 19.1 Å². The van der Waals surface area contributed by atoms with Gasteiger partial charge in [-0.1, -0.05) is 50.6 Å². The minimum atomic E-state index is 0.181. The summed E-state index contributed by atoms with van der Waals surface area (Å²) in [6.07, 6.45) is 3.56. The van der Waals surface area contributed by atoms with Crippen molar-refractivity contribution >= 4 is 16.5 Å². The van der Waals surface area contributed by atoms with Crippen LogP contribution in [0, 0.1) is 0 Å². The second kappa shape index (κ2) is 5.92. The Morgan fingerprint density at radius 3 is 2.59 bits per heavy atom. The van der Waals surface area contributed by atoms with Crippen LogP contribution >= 0.6 is 0 Å². The molecule has 0 bridgehead atoms. The molecule has 0 aliphatic carbocycles. The summed E-state index contributed by atoms with van der Waals surface area (Å²) in [5, 5.41) is 2.78. The fourth-order valence-electron chi connectivity index (χ4n) is 4.29. The van der Waals surface area contributed by atoms with Gasteiger partial charge >= 0.3 is 0 Å². The summed E-state index contributed by atoms with van der Waals surface area (Å²) in [6.45, 7) is 8.98. The van der Waals surface area contributed by atoms with Crippen molar-refractivity contribution in [3.63, 3.8) is 0 Å². The summed E-state index contributed by atoms with van der Waals surface area (Å²) < 4.78 is 0. The summed E-state index contributed by atoms with van der Waals surface area (Å²) >= 11 is 0. The number of fused-ring (bicyclic) bond motifs is 3. The first-order valence-electron chi connectivity index (χ1n) is 8.60. The molecule has 1 aliphatic heterocycles. The van der Waals surface area contributed by atoms with Crippen LogP contribution in [0.4, 0.5) is 5.69 Å². The van der Waals surface area contributed by atoms with Crippen molar-refractivity contribution in [1.29, 1.82) is 0 Å². The van der Waals surface area contributed by atoms with E-state index >= 15 is 0 Å². The number of hydrogen-bond donors (Lipinski definition) is 1. The number of nitrogens with two attached hydrogens (primary N) is 1. The maximum Gasteiger partial charge on any atom is 0.0414 e. The van der Waals surface area contributed by atoms with Gasteiger partial charge in [-0.25, -0.2) is 0 Å². The van der Waals surface area contributed by atoms with E-state index in [1.165, 1.54) is 34.9 Å². The van der Waals surface area contributed by atoms with Crippen molar-refractivity contribution in [1.82, 2.24) is 0 Å². The molecule has 1 aliphatic rings. The first kappa shape index (κ1) is 15.4. The average Bonchev–Trinajstić information content (AvgIpc) is 2.75. The van der Waals surface area contributed by atoms with Crippen LogP contribution in [0.15, 0.2) is 36.4 Å². The Bertz CT molecular complexity index is 660. The molecule has 1 unspecified atom stereocenters. The van der Waals surface area contributed by atoms with Gasteiger partial charge < -0.3 is 10.6 Å². The van der Waals surface area contributed by atoms with Crippen LogP contribution in [0.3, 0.4) is 0 Å². The van der Waals surface area contributed by atoms with Crippen molar-refractivity contribution < 1.29 is 0 Å². The second-order valence-corrected chi connectivity index (χ2v) is 6.99. The summed E-state index contributed by atoms with van der Waals surface area (Å²) in [4.78, 5) is 2.61. The minimum absolute atomic E-state index is 0.181. The van der Waals surface area contributed by atoms with E-state index in [-0.39, 0.29) is 5.41 Å². The Hall–Kier alpha value is -1.54. The maximum atomic E-state index is 5.69. The highest BCUT2D eigenvalue weighted by Gasteiger charge is 2.44. The predicted molar refractivity (Wildman–Crippen MR) is 96.7 cm³/mol. The number of benzene rings is 2. The molecular formula is C20H28N2. The summed E-state index contributed by atoms with van der Waals surface area (Å²) in [5.41, 5.74) is 8.84. The van der Waals surface area contributed by atoms with Gasteiger partial charge in [0.1, 0.15) is 0 Å². The van der Waals surface area contributed by atoms with Gasteiger partial charge in [-0.15, -0.1) is 0 Å². The fourth-order valence-corrected chi connectivity index (χ4v) is 4.29. The molecule has 0 saturated heterocycles. The van der Waals surface area contributed by atoms with Gasteiger partial charge in [-0.2, -0.15) is 0 Å². The number of hydrogen-bond acceptors (Lipinski definition) is 2. The Balaban J connectivity index is 2.09. The van der Waals surface area contributed by atoms with Crippen LogP contribution in [0.2, 0.25) is 0 Å². The first-order chi connectivity index (χ1) is 10.6. The molecule has 0 saturated carbocycles. The van der Waals surface area contributed by atoms with E-state index in [0.29, 0.717) is 6.04 Å². The maximum absolute atomic E-state index is 5.69. The lowest BCUT2D eigenvalue weighted by molar-refractivity contribution is 0.388. The van der Waals surface area contributed by atoms with Crippen LogP contribution < -0.4 is 10.6 Å². The molecule has 118 valence electrons. The Morgan fingerprint density at radius 1 is 1.09 bits per heavy atom. The minimum Gasteiger partial charge on any atom is -0.368 e. The van der Waals surface area contributed by atoms with Gasteiger partial charge in [0.05, 0.1) is 0 Å². The molecule has 3 rings (SSSR count). The van der Waals surface area contributed by atoms with Crippen LogP contribution in [0.5, 0.6) is 0 Å². The molecule has 0 radical (unpaired) electrons. The van der Waals surface area contributed by atoms with Crippen LogP contribution in [0.25, 0.3) is 10.8 Å². The van der Waals surface area contributed by atoms with Gasteiger partial charge in [-0.3, -0.25) is 0 Å². The van der Waals surface area contributed by atoms with E-state index in [0.717, 1.165) is 19.5 Å². The van der Waals surface area contributed by atoms with E-state index < -0.39 is 0 Å². The predicted octanol–water partition coefficient (Wildman–Crippen LogP) is 4.45. The highest BCUT2D eigenvalue weighted by Crippen LogP contribution is 2.49. The van der Waals surface area contributed by atoms with Crippen LogP contribution in [-0.2, 0) is 5.41 Å². The van der Waals surface area contributed by atoms with Gasteiger partial charge in [0.15, 0.2) is 0 Å². The molecule has 2 N–H and O–H groups in total. The van der Waals surface area contributed by atoms with E-state index in [4.69, 9.17) is 5.73 Å².